The molecule has 0 aliphatic heterocycles. The second kappa shape index (κ2) is 10.7. The van der Waals surface area contributed by atoms with Gasteiger partial charge in [-0.1, -0.05) is 48.5 Å². The summed E-state index contributed by atoms with van der Waals surface area (Å²) < 4.78 is 75.0. The van der Waals surface area contributed by atoms with Gasteiger partial charge in [-0.15, -0.1) is 13.2 Å². The highest BCUT2D eigenvalue weighted by Crippen LogP contribution is 2.39. The van der Waals surface area contributed by atoms with Gasteiger partial charge >= 0.3 is 12.5 Å². The van der Waals surface area contributed by atoms with Crippen LogP contribution in [0.15, 0.2) is 108 Å². The SMILES string of the molecule is O=C(Nc1ccccc1)Oc1[nH]c2ccc(NS(=O)(=O)c3ccc(OC(F)(F)F)cc3)cc2c1-c1ccccc1. The number of amides is 1. The fourth-order valence-electron chi connectivity index (χ4n) is 3.99. The van der Waals surface area contributed by atoms with Crippen LogP contribution in [0.25, 0.3) is 22.0 Å². The lowest BCUT2D eigenvalue weighted by atomic mass is 10.0. The number of aromatic nitrogens is 1. The summed E-state index contributed by atoms with van der Waals surface area (Å²) in [5.74, 6) is -0.397. The molecule has 8 nitrogen and oxygen atoms in total. The first-order valence-corrected chi connectivity index (χ1v) is 13.2. The molecule has 12 heteroatoms. The number of carbonyl (C=O) groups excluding carboxylic acids is 1. The van der Waals surface area contributed by atoms with Gasteiger partial charge in [0, 0.05) is 22.3 Å². The second-order valence-electron chi connectivity index (χ2n) is 8.46. The van der Waals surface area contributed by atoms with Gasteiger partial charge < -0.3 is 14.5 Å². The van der Waals surface area contributed by atoms with Gasteiger partial charge in [0.05, 0.1) is 10.5 Å². The number of fused-ring (bicyclic) bond motifs is 1. The van der Waals surface area contributed by atoms with E-state index >= 15 is 0 Å². The fraction of sp³-hybridized carbons (Fsp3) is 0.0357. The van der Waals surface area contributed by atoms with Crippen molar-refractivity contribution in [1.82, 2.24) is 4.98 Å². The van der Waals surface area contributed by atoms with E-state index in [1.54, 1.807) is 48.5 Å². The van der Waals surface area contributed by atoms with Crippen LogP contribution in [0.3, 0.4) is 0 Å². The molecular weight excluding hydrogens is 547 g/mol. The molecule has 0 aliphatic rings. The zero-order valence-electron chi connectivity index (χ0n) is 20.4. The number of rotatable bonds is 7. The first-order chi connectivity index (χ1) is 19.1. The number of nitrogens with one attached hydrogen (secondary N) is 3. The van der Waals surface area contributed by atoms with Gasteiger partial charge in [-0.05, 0) is 60.2 Å². The summed E-state index contributed by atoms with van der Waals surface area (Å²) in [6, 6.07) is 26.3. The number of ether oxygens (including phenoxy) is 2. The molecule has 4 aromatic carbocycles. The number of carbonyl (C=O) groups is 1. The molecule has 0 atom stereocenters. The molecule has 1 aromatic heterocycles. The third kappa shape index (κ3) is 6.18. The Morgan fingerprint density at radius 2 is 1.45 bits per heavy atom. The van der Waals surface area contributed by atoms with Crippen LogP contribution in [-0.2, 0) is 10.0 Å². The Hall–Kier alpha value is -4.97. The zero-order chi connectivity index (χ0) is 28.3. The van der Waals surface area contributed by atoms with Crippen LogP contribution in [0.2, 0.25) is 0 Å². The van der Waals surface area contributed by atoms with Crippen molar-refractivity contribution in [2.24, 2.45) is 0 Å². The van der Waals surface area contributed by atoms with Gasteiger partial charge in [0.2, 0.25) is 5.88 Å². The van der Waals surface area contributed by atoms with Crippen LogP contribution in [0.1, 0.15) is 0 Å². The number of aromatic amines is 1. The maximum Gasteiger partial charge on any atom is 0.573 e. The quantitative estimate of drug-likeness (QED) is 0.194. The molecule has 0 radical (unpaired) electrons. The van der Waals surface area contributed by atoms with Crippen LogP contribution in [0.4, 0.5) is 29.3 Å². The standard InChI is InChI=1S/C28H20F3N3O5S/c29-28(30,31)39-21-12-14-22(15-13-21)40(36,37)34-20-11-16-24-23(17-20)25(18-7-3-1-4-8-18)26(33-24)38-27(35)32-19-9-5-2-6-10-19/h1-17,33-34H,(H,32,35). The van der Waals surface area contributed by atoms with Gasteiger partial charge in [0.1, 0.15) is 5.75 Å². The van der Waals surface area contributed by atoms with Crippen LogP contribution in [-0.4, -0.2) is 25.9 Å². The maximum atomic E-state index is 13.0. The first-order valence-electron chi connectivity index (χ1n) is 11.7. The van der Waals surface area contributed by atoms with Crippen LogP contribution in [0.5, 0.6) is 11.6 Å². The Balaban J connectivity index is 1.45. The number of benzene rings is 4. The van der Waals surface area contributed by atoms with Crippen molar-refractivity contribution in [3.8, 4) is 22.8 Å². The van der Waals surface area contributed by atoms with Gasteiger partial charge in [0.25, 0.3) is 10.0 Å². The molecule has 0 saturated heterocycles. The summed E-state index contributed by atoms with van der Waals surface area (Å²) in [4.78, 5) is 15.4. The normalized spacial score (nSPS) is 11.7. The molecule has 0 spiro atoms. The van der Waals surface area contributed by atoms with Crippen molar-refractivity contribution in [2.75, 3.05) is 10.0 Å². The lowest BCUT2D eigenvalue weighted by Crippen LogP contribution is -2.17. The number of para-hydroxylation sites is 1. The Morgan fingerprint density at radius 1 is 0.800 bits per heavy atom. The van der Waals surface area contributed by atoms with Crippen LogP contribution in [0, 0.1) is 0 Å². The zero-order valence-corrected chi connectivity index (χ0v) is 21.2. The van der Waals surface area contributed by atoms with Crippen LogP contribution >= 0.6 is 0 Å². The molecule has 1 amide bonds. The Labute approximate surface area is 226 Å². The van der Waals surface area contributed by atoms with Gasteiger partial charge in [-0.2, -0.15) is 0 Å². The molecule has 5 rings (SSSR count). The highest BCUT2D eigenvalue weighted by Gasteiger charge is 2.31. The molecular formula is C28H20F3N3O5S. The van der Waals surface area contributed by atoms with Gasteiger partial charge in [0.15, 0.2) is 0 Å². The highest BCUT2D eigenvalue weighted by molar-refractivity contribution is 7.92. The van der Waals surface area contributed by atoms with E-state index < -0.39 is 28.2 Å². The minimum atomic E-state index is -4.90. The van der Waals surface area contributed by atoms with E-state index in [4.69, 9.17) is 4.74 Å². The summed E-state index contributed by atoms with van der Waals surface area (Å²) in [6.07, 6.45) is -5.62. The van der Waals surface area contributed by atoms with E-state index in [9.17, 15) is 26.4 Å². The van der Waals surface area contributed by atoms with Gasteiger partial charge in [-0.3, -0.25) is 10.0 Å². The number of sulfonamides is 1. The molecule has 5 aromatic rings. The number of halogens is 3. The summed E-state index contributed by atoms with van der Waals surface area (Å²) >= 11 is 0. The van der Waals surface area contributed by atoms with Crippen molar-refractivity contribution in [3.05, 3.63) is 103 Å². The Morgan fingerprint density at radius 3 is 2.10 bits per heavy atom. The van der Waals surface area contributed by atoms with Crippen molar-refractivity contribution < 1.29 is 35.9 Å². The highest BCUT2D eigenvalue weighted by atomic mass is 32.2. The molecule has 0 unspecified atom stereocenters. The Bertz CT molecular complexity index is 1760. The predicted octanol–water partition coefficient (Wildman–Crippen LogP) is 7.15. The van der Waals surface area contributed by atoms with Crippen molar-refractivity contribution >= 4 is 38.4 Å². The number of H-pyrrole nitrogens is 1. The molecule has 0 fully saturated rings. The topological polar surface area (TPSA) is 110 Å². The molecule has 204 valence electrons. The van der Waals surface area contributed by atoms with E-state index in [0.29, 0.717) is 27.7 Å². The molecule has 0 saturated carbocycles. The lowest BCUT2D eigenvalue weighted by Gasteiger charge is -2.11. The lowest BCUT2D eigenvalue weighted by molar-refractivity contribution is -0.274. The number of alkyl halides is 3. The fourth-order valence-corrected chi connectivity index (χ4v) is 5.04. The predicted molar refractivity (Wildman–Crippen MR) is 144 cm³/mol. The maximum absolute atomic E-state index is 13.0. The van der Waals surface area contributed by atoms with Crippen molar-refractivity contribution in [1.29, 1.82) is 0 Å². The molecule has 40 heavy (non-hydrogen) atoms. The van der Waals surface area contributed by atoms with E-state index in [1.807, 2.05) is 24.3 Å². The molecule has 0 aliphatic carbocycles. The number of hydrogen-bond donors (Lipinski definition) is 3. The van der Waals surface area contributed by atoms with Crippen LogP contribution < -0.4 is 19.5 Å². The largest absolute Gasteiger partial charge is 0.573 e. The number of anilines is 2. The average molecular weight is 568 g/mol. The van der Waals surface area contributed by atoms with Crippen molar-refractivity contribution in [2.45, 2.75) is 11.3 Å². The smallest absolute Gasteiger partial charge is 0.406 e. The van der Waals surface area contributed by atoms with E-state index in [-0.39, 0.29) is 16.5 Å². The second-order valence-corrected chi connectivity index (χ2v) is 10.1. The summed E-state index contributed by atoms with van der Waals surface area (Å²) in [7, 11) is -4.16. The number of hydrogen-bond acceptors (Lipinski definition) is 5. The Kier molecular flexibility index (Phi) is 7.09. The van der Waals surface area contributed by atoms with E-state index in [2.05, 4.69) is 19.8 Å². The summed E-state index contributed by atoms with van der Waals surface area (Å²) in [5, 5.41) is 3.20. The monoisotopic (exact) mass is 567 g/mol. The van der Waals surface area contributed by atoms with E-state index in [0.717, 1.165) is 24.3 Å². The third-order valence-corrected chi connectivity index (χ3v) is 7.06. The summed E-state index contributed by atoms with van der Waals surface area (Å²) in [6.45, 7) is 0. The molecule has 3 N–H and O–H groups in total. The minimum absolute atomic E-state index is 0.148. The minimum Gasteiger partial charge on any atom is -0.406 e. The third-order valence-electron chi connectivity index (χ3n) is 5.66. The average Bonchev–Trinajstić information content (AvgIpc) is 3.25. The molecule has 0 bridgehead atoms. The first kappa shape index (κ1) is 26.6. The molecule has 1 heterocycles. The van der Waals surface area contributed by atoms with Crippen molar-refractivity contribution in [3.63, 3.8) is 0 Å². The summed E-state index contributed by atoms with van der Waals surface area (Å²) in [5.41, 5.74) is 2.52. The van der Waals surface area contributed by atoms with Gasteiger partial charge in [-0.25, -0.2) is 13.2 Å². The van der Waals surface area contributed by atoms with E-state index in [1.165, 1.54) is 6.07 Å².